The molecule has 6 atom stereocenters. The van der Waals surface area contributed by atoms with E-state index in [-0.39, 0.29) is 25.7 Å². The van der Waals surface area contributed by atoms with Gasteiger partial charge in [-0.25, -0.2) is 9.13 Å². The number of ether oxygens (including phenoxy) is 4. The summed E-state index contributed by atoms with van der Waals surface area (Å²) >= 11 is 0. The number of carbonyl (C=O) groups is 4. The Morgan fingerprint density at radius 2 is 0.526 bits per heavy atom. The van der Waals surface area contributed by atoms with Crippen molar-refractivity contribution in [2.24, 2.45) is 17.8 Å². The molecule has 0 rings (SSSR count). The first-order valence-electron chi connectivity index (χ1n) is 40.4. The number of phosphoric ester groups is 2. The molecule has 3 N–H and O–H groups in total. The molecule has 0 fully saturated rings. The first kappa shape index (κ1) is 95.1. The minimum Gasteiger partial charge on any atom is -0.462 e. The fraction of sp³-hybridized carbons (Fsp3) is 0.949. The van der Waals surface area contributed by atoms with Crippen molar-refractivity contribution in [1.29, 1.82) is 0 Å². The zero-order chi connectivity index (χ0) is 71.6. The van der Waals surface area contributed by atoms with Crippen molar-refractivity contribution < 1.29 is 80.2 Å². The molecule has 0 saturated heterocycles. The zero-order valence-corrected chi connectivity index (χ0v) is 65.3. The summed E-state index contributed by atoms with van der Waals surface area (Å²) in [6.07, 6.45) is 55.4. The van der Waals surface area contributed by atoms with Crippen LogP contribution < -0.4 is 0 Å². The van der Waals surface area contributed by atoms with Crippen LogP contribution in [0.5, 0.6) is 0 Å². The van der Waals surface area contributed by atoms with E-state index in [2.05, 4.69) is 48.5 Å². The van der Waals surface area contributed by atoms with Gasteiger partial charge in [-0.05, 0) is 43.4 Å². The Kier molecular flexibility index (Phi) is 67.1. The molecular formula is C78H152O17P2. The highest BCUT2D eigenvalue weighted by Crippen LogP contribution is 2.45. The summed E-state index contributed by atoms with van der Waals surface area (Å²) in [5.41, 5.74) is 0. The first-order chi connectivity index (χ1) is 46.8. The second-order valence-electron chi connectivity index (χ2n) is 29.3. The van der Waals surface area contributed by atoms with Gasteiger partial charge in [0.15, 0.2) is 12.2 Å². The van der Waals surface area contributed by atoms with Gasteiger partial charge < -0.3 is 33.8 Å². The molecule has 0 aliphatic heterocycles. The van der Waals surface area contributed by atoms with Crippen molar-refractivity contribution in [1.82, 2.24) is 0 Å². The topological polar surface area (TPSA) is 237 Å². The van der Waals surface area contributed by atoms with Gasteiger partial charge in [0.2, 0.25) is 0 Å². The maximum absolute atomic E-state index is 13.1. The molecule has 0 aliphatic carbocycles. The Labute approximate surface area is 594 Å². The lowest BCUT2D eigenvalue weighted by Gasteiger charge is -2.21. The van der Waals surface area contributed by atoms with Crippen LogP contribution in [0.1, 0.15) is 402 Å². The number of aliphatic hydroxyl groups is 1. The maximum atomic E-state index is 13.1. The highest BCUT2D eigenvalue weighted by atomic mass is 31.2. The van der Waals surface area contributed by atoms with Crippen LogP contribution in [0.15, 0.2) is 0 Å². The fourth-order valence-corrected chi connectivity index (χ4v) is 13.5. The molecule has 0 bridgehead atoms. The monoisotopic (exact) mass is 1420 g/mol. The molecule has 19 heteroatoms. The molecule has 0 aromatic heterocycles. The Hall–Kier alpha value is -1.94. The number of esters is 4. The van der Waals surface area contributed by atoms with Gasteiger partial charge in [0.25, 0.3) is 0 Å². The summed E-state index contributed by atoms with van der Waals surface area (Å²) < 4.78 is 68.6. The van der Waals surface area contributed by atoms with E-state index < -0.39 is 97.5 Å². The average Bonchev–Trinajstić information content (AvgIpc) is 1.69. The molecule has 3 unspecified atom stereocenters. The smallest absolute Gasteiger partial charge is 0.462 e. The van der Waals surface area contributed by atoms with Gasteiger partial charge in [-0.3, -0.25) is 37.3 Å². The van der Waals surface area contributed by atoms with Crippen molar-refractivity contribution in [2.75, 3.05) is 39.6 Å². The van der Waals surface area contributed by atoms with Crippen molar-refractivity contribution in [3.8, 4) is 0 Å². The number of unbranched alkanes of at least 4 members (excludes halogenated alkanes) is 43. The minimum atomic E-state index is -4.96. The Morgan fingerprint density at radius 1 is 0.299 bits per heavy atom. The van der Waals surface area contributed by atoms with Crippen LogP contribution in [-0.2, 0) is 65.4 Å². The maximum Gasteiger partial charge on any atom is 0.472 e. The third kappa shape index (κ3) is 70.9. The van der Waals surface area contributed by atoms with Crippen LogP contribution in [0, 0.1) is 17.8 Å². The van der Waals surface area contributed by atoms with Crippen LogP contribution in [-0.4, -0.2) is 96.7 Å². The molecule has 17 nitrogen and oxygen atoms in total. The Morgan fingerprint density at radius 3 is 0.784 bits per heavy atom. The van der Waals surface area contributed by atoms with Crippen molar-refractivity contribution >= 4 is 39.5 Å². The SMILES string of the molecule is CCCCCCCCCCCCCCC(=O)OC[C@H](COP(=O)(O)OC[C@H](O)COP(=O)(O)OC[C@@H](COC(=O)CCCCCCCCCCCCCC(C)C)OC(=O)CCCCCCCCCCCCCCCCCCC(C)C)OC(=O)CCCCCCCCCCC(C)CC. The summed E-state index contributed by atoms with van der Waals surface area (Å²) in [6.45, 7) is 11.9. The average molecular weight is 1420 g/mol. The predicted octanol–water partition coefficient (Wildman–Crippen LogP) is 23.0. The Balaban J connectivity index is 5.25. The second-order valence-corrected chi connectivity index (χ2v) is 32.2. The lowest BCUT2D eigenvalue weighted by molar-refractivity contribution is -0.161. The summed E-state index contributed by atoms with van der Waals surface area (Å²) in [4.78, 5) is 72.9. The van der Waals surface area contributed by atoms with Gasteiger partial charge in [0, 0.05) is 25.7 Å². The summed E-state index contributed by atoms with van der Waals surface area (Å²) in [5.74, 6) is 0.235. The largest absolute Gasteiger partial charge is 0.472 e. The van der Waals surface area contributed by atoms with Gasteiger partial charge in [-0.2, -0.15) is 0 Å². The molecule has 0 radical (unpaired) electrons. The number of rotatable bonds is 76. The number of carbonyl (C=O) groups excluding carboxylic acids is 4. The standard InChI is InChI=1S/C78H152O17P2/c1-8-10-11-12-13-14-15-25-30-38-45-52-59-75(80)89-66-74(95-78(83)62-55-48-41-34-33-37-44-51-58-71(7)9-2)68-93-97(86,87)91-64-72(79)63-90-96(84,85)92-67-73(65-88-76(81)60-53-46-39-31-27-22-24-29-36-43-50-57-70(5)6)94-77(82)61-54-47-40-32-26-21-19-17-16-18-20-23-28-35-42-49-56-69(3)4/h69-74,79H,8-68H2,1-7H3,(H,84,85)(H,86,87)/t71?,72-,73-,74-/m1/s1. The van der Waals surface area contributed by atoms with E-state index in [1.165, 1.54) is 212 Å². The van der Waals surface area contributed by atoms with Crippen LogP contribution in [0.2, 0.25) is 0 Å². The minimum absolute atomic E-state index is 0.105. The quantitative estimate of drug-likeness (QED) is 0.0222. The lowest BCUT2D eigenvalue weighted by atomic mass is 9.99. The molecule has 0 aromatic carbocycles. The molecule has 97 heavy (non-hydrogen) atoms. The predicted molar refractivity (Wildman–Crippen MR) is 395 cm³/mol. The molecule has 0 heterocycles. The van der Waals surface area contributed by atoms with E-state index in [1.807, 2.05) is 0 Å². The number of phosphoric acid groups is 2. The van der Waals surface area contributed by atoms with Gasteiger partial charge in [-0.1, -0.05) is 350 Å². The van der Waals surface area contributed by atoms with Crippen molar-refractivity contribution in [2.45, 2.75) is 420 Å². The van der Waals surface area contributed by atoms with Crippen LogP contribution in [0.4, 0.5) is 0 Å². The molecule has 0 amide bonds. The second kappa shape index (κ2) is 68.5. The molecule has 0 aromatic rings. The van der Waals surface area contributed by atoms with Gasteiger partial charge >= 0.3 is 39.5 Å². The molecule has 576 valence electrons. The zero-order valence-electron chi connectivity index (χ0n) is 63.5. The van der Waals surface area contributed by atoms with Crippen molar-refractivity contribution in [3.05, 3.63) is 0 Å². The van der Waals surface area contributed by atoms with Crippen LogP contribution >= 0.6 is 15.6 Å². The summed E-state index contributed by atoms with van der Waals surface area (Å²) in [7, 11) is -9.92. The van der Waals surface area contributed by atoms with Gasteiger partial charge in [-0.15, -0.1) is 0 Å². The number of hydrogen-bond donors (Lipinski definition) is 3. The molecule has 0 saturated carbocycles. The van der Waals surface area contributed by atoms with Gasteiger partial charge in [0.1, 0.15) is 19.3 Å². The van der Waals surface area contributed by atoms with Crippen LogP contribution in [0.25, 0.3) is 0 Å². The van der Waals surface area contributed by atoms with Crippen LogP contribution in [0.3, 0.4) is 0 Å². The normalized spacial score (nSPS) is 14.3. The number of aliphatic hydroxyl groups excluding tert-OH is 1. The summed E-state index contributed by atoms with van der Waals surface area (Å²) in [6, 6.07) is 0. The third-order valence-electron chi connectivity index (χ3n) is 18.5. The van der Waals surface area contributed by atoms with E-state index in [0.717, 1.165) is 108 Å². The number of hydrogen-bond acceptors (Lipinski definition) is 15. The van der Waals surface area contributed by atoms with E-state index in [0.29, 0.717) is 25.7 Å². The highest BCUT2D eigenvalue weighted by molar-refractivity contribution is 7.47. The van der Waals surface area contributed by atoms with Crippen molar-refractivity contribution in [3.63, 3.8) is 0 Å². The summed E-state index contributed by atoms with van der Waals surface area (Å²) in [5, 5.41) is 10.6. The van der Waals surface area contributed by atoms with Gasteiger partial charge in [0.05, 0.1) is 26.4 Å². The van der Waals surface area contributed by atoms with E-state index in [9.17, 15) is 43.2 Å². The molecular weight excluding hydrogens is 1270 g/mol. The first-order valence-corrected chi connectivity index (χ1v) is 43.4. The lowest BCUT2D eigenvalue weighted by Crippen LogP contribution is -2.30. The molecule has 0 aliphatic rings. The van der Waals surface area contributed by atoms with E-state index in [4.69, 9.17) is 37.0 Å². The highest BCUT2D eigenvalue weighted by Gasteiger charge is 2.30. The third-order valence-corrected chi connectivity index (χ3v) is 20.4. The van der Waals surface area contributed by atoms with E-state index in [1.54, 1.807) is 0 Å². The van der Waals surface area contributed by atoms with E-state index >= 15 is 0 Å². The molecule has 0 spiro atoms. The Bertz CT molecular complexity index is 1890. The fourth-order valence-electron chi connectivity index (χ4n) is 11.9.